The molecule has 6 heteroatoms. The van der Waals surface area contributed by atoms with Gasteiger partial charge in [0.25, 0.3) is 0 Å². The third kappa shape index (κ3) is 3.65. The van der Waals surface area contributed by atoms with Crippen LogP contribution in [0.1, 0.15) is 19.4 Å². The summed E-state index contributed by atoms with van der Waals surface area (Å²) in [5.41, 5.74) is 3.01. The van der Waals surface area contributed by atoms with Crippen LogP contribution in [-0.4, -0.2) is 41.2 Å². The van der Waals surface area contributed by atoms with Crippen molar-refractivity contribution in [3.8, 4) is 22.8 Å². The van der Waals surface area contributed by atoms with Gasteiger partial charge in [-0.3, -0.25) is 5.10 Å². The normalized spacial score (nSPS) is 15.0. The minimum atomic E-state index is -0.348. The number of aliphatic hydroxyl groups is 1. The highest BCUT2D eigenvalue weighted by Gasteiger charge is 2.15. The van der Waals surface area contributed by atoms with E-state index in [2.05, 4.69) is 15.5 Å². The van der Waals surface area contributed by atoms with Gasteiger partial charge >= 0.3 is 0 Å². The molecule has 0 saturated heterocycles. The lowest BCUT2D eigenvalue weighted by Crippen LogP contribution is -2.30. The molecule has 1 atom stereocenters. The van der Waals surface area contributed by atoms with Crippen molar-refractivity contribution in [3.63, 3.8) is 0 Å². The molecule has 3 N–H and O–H groups in total. The van der Waals surface area contributed by atoms with Crippen LogP contribution in [0.3, 0.4) is 0 Å². The number of rotatable bonds is 6. The van der Waals surface area contributed by atoms with Crippen LogP contribution in [0.2, 0.25) is 0 Å². The zero-order valence-corrected chi connectivity index (χ0v) is 13.5. The summed E-state index contributed by atoms with van der Waals surface area (Å²) < 4.78 is 11.2. The van der Waals surface area contributed by atoms with E-state index in [4.69, 9.17) is 9.47 Å². The Kier molecular flexibility index (Phi) is 4.83. The first-order valence-electron chi connectivity index (χ1n) is 7.96. The lowest BCUT2D eigenvalue weighted by molar-refractivity contribution is 0.123. The van der Waals surface area contributed by atoms with Gasteiger partial charge in [0.2, 0.25) is 0 Å². The molecule has 1 aromatic heterocycles. The Morgan fingerprint density at radius 1 is 1.26 bits per heavy atom. The van der Waals surface area contributed by atoms with Gasteiger partial charge in [-0.25, -0.2) is 0 Å². The molecule has 23 heavy (non-hydrogen) atoms. The Balaban J connectivity index is 1.71. The fourth-order valence-electron chi connectivity index (χ4n) is 2.48. The van der Waals surface area contributed by atoms with Crippen molar-refractivity contribution in [1.82, 2.24) is 15.5 Å². The number of fused-ring (bicyclic) bond motifs is 1. The zero-order chi connectivity index (χ0) is 16.2. The molecule has 1 aromatic carbocycles. The Morgan fingerprint density at radius 3 is 2.83 bits per heavy atom. The first kappa shape index (κ1) is 15.8. The van der Waals surface area contributed by atoms with Gasteiger partial charge in [0, 0.05) is 24.2 Å². The van der Waals surface area contributed by atoms with Crippen LogP contribution in [0.25, 0.3) is 11.3 Å². The lowest BCUT2D eigenvalue weighted by atomic mass is 10.1. The topological polar surface area (TPSA) is 79.4 Å². The van der Waals surface area contributed by atoms with E-state index in [9.17, 15) is 5.11 Å². The molecule has 0 saturated carbocycles. The summed E-state index contributed by atoms with van der Waals surface area (Å²) in [7, 11) is 0. The molecule has 1 aliphatic heterocycles. The van der Waals surface area contributed by atoms with E-state index in [-0.39, 0.29) is 12.0 Å². The zero-order valence-electron chi connectivity index (χ0n) is 13.5. The van der Waals surface area contributed by atoms with Gasteiger partial charge in [0.15, 0.2) is 11.5 Å². The number of ether oxygens (including phenoxy) is 2. The fraction of sp³-hybridized carbons (Fsp3) is 0.471. The van der Waals surface area contributed by atoms with Crippen molar-refractivity contribution in [2.75, 3.05) is 19.8 Å². The molecule has 0 fully saturated rings. The van der Waals surface area contributed by atoms with E-state index in [1.54, 1.807) is 6.20 Å². The molecule has 3 rings (SSSR count). The second-order valence-electron chi connectivity index (χ2n) is 6.07. The molecule has 0 amide bonds. The highest BCUT2D eigenvalue weighted by molar-refractivity contribution is 5.66. The number of hydrogen-bond acceptors (Lipinski definition) is 5. The molecule has 0 radical (unpaired) electrons. The molecule has 1 aliphatic rings. The minimum Gasteiger partial charge on any atom is -0.486 e. The van der Waals surface area contributed by atoms with E-state index in [1.165, 1.54) is 0 Å². The van der Waals surface area contributed by atoms with Crippen molar-refractivity contribution in [1.29, 1.82) is 0 Å². The van der Waals surface area contributed by atoms with E-state index in [1.807, 2.05) is 32.0 Å². The number of aromatic amines is 1. The van der Waals surface area contributed by atoms with Crippen LogP contribution in [0.5, 0.6) is 11.5 Å². The molecule has 2 aromatic rings. The van der Waals surface area contributed by atoms with Gasteiger partial charge in [-0.2, -0.15) is 5.10 Å². The summed E-state index contributed by atoms with van der Waals surface area (Å²) in [5.74, 6) is 1.78. The first-order chi connectivity index (χ1) is 11.1. The maximum Gasteiger partial charge on any atom is 0.162 e. The van der Waals surface area contributed by atoms with Crippen molar-refractivity contribution < 1.29 is 14.6 Å². The molecule has 6 nitrogen and oxygen atoms in total. The van der Waals surface area contributed by atoms with Crippen LogP contribution < -0.4 is 14.8 Å². The minimum absolute atomic E-state index is 0.240. The number of aromatic nitrogens is 2. The van der Waals surface area contributed by atoms with Gasteiger partial charge in [0.1, 0.15) is 13.2 Å². The number of nitrogens with zero attached hydrogens (tertiary/aromatic N) is 1. The Hall–Kier alpha value is -2.05. The average Bonchev–Trinajstić information content (AvgIpc) is 3.02. The maximum atomic E-state index is 9.86. The fourth-order valence-corrected chi connectivity index (χ4v) is 2.48. The molecule has 124 valence electrons. The molecular weight excluding hydrogens is 294 g/mol. The summed E-state index contributed by atoms with van der Waals surface area (Å²) in [4.78, 5) is 0. The summed E-state index contributed by atoms with van der Waals surface area (Å²) in [5, 5.41) is 20.3. The monoisotopic (exact) mass is 317 g/mol. The predicted octanol–water partition coefficient (Wildman–Crippen LogP) is 1.95. The van der Waals surface area contributed by atoms with E-state index < -0.39 is 0 Å². The lowest BCUT2D eigenvalue weighted by Gasteiger charge is -2.19. The molecule has 0 spiro atoms. The van der Waals surface area contributed by atoms with Crippen LogP contribution in [0, 0.1) is 5.92 Å². The number of nitrogens with one attached hydrogen (secondary N) is 2. The maximum absolute atomic E-state index is 9.86. The van der Waals surface area contributed by atoms with Crippen molar-refractivity contribution in [2.45, 2.75) is 26.5 Å². The van der Waals surface area contributed by atoms with E-state index in [0.717, 1.165) is 28.3 Å². The quantitative estimate of drug-likeness (QED) is 0.759. The third-order valence-electron chi connectivity index (χ3n) is 3.99. The average molecular weight is 317 g/mol. The summed E-state index contributed by atoms with van der Waals surface area (Å²) in [6, 6.07) is 5.88. The Bertz CT molecular complexity index is 654. The van der Waals surface area contributed by atoms with Crippen molar-refractivity contribution in [3.05, 3.63) is 30.0 Å². The van der Waals surface area contributed by atoms with Gasteiger partial charge < -0.3 is 19.9 Å². The number of aliphatic hydroxyl groups excluding tert-OH is 1. The second-order valence-corrected chi connectivity index (χ2v) is 6.07. The van der Waals surface area contributed by atoms with Crippen LogP contribution in [0.4, 0.5) is 0 Å². The largest absolute Gasteiger partial charge is 0.486 e. The Labute approximate surface area is 135 Å². The van der Waals surface area contributed by atoms with Crippen molar-refractivity contribution in [2.24, 2.45) is 5.92 Å². The molecular formula is C17H23N3O3. The van der Waals surface area contributed by atoms with Crippen LogP contribution in [-0.2, 0) is 6.54 Å². The van der Waals surface area contributed by atoms with Gasteiger partial charge in [-0.1, -0.05) is 13.8 Å². The van der Waals surface area contributed by atoms with Crippen molar-refractivity contribution >= 4 is 0 Å². The molecule has 2 heterocycles. The number of hydrogen-bond donors (Lipinski definition) is 3. The standard InChI is InChI=1S/C17H23N3O3/c1-11(2)14(21)10-18-8-13-9-19-20-17(13)12-3-4-15-16(7-12)23-6-5-22-15/h3-4,7,9,11,14,18,21H,5-6,8,10H2,1-2H3,(H,19,20). The SMILES string of the molecule is CC(C)C(O)CNCc1cn[nH]c1-c1ccc2c(c1)OCCO2. The third-order valence-corrected chi connectivity index (χ3v) is 3.99. The summed E-state index contributed by atoms with van der Waals surface area (Å²) >= 11 is 0. The van der Waals surface area contributed by atoms with E-state index in [0.29, 0.717) is 26.3 Å². The number of benzene rings is 1. The first-order valence-corrected chi connectivity index (χ1v) is 7.96. The van der Waals surface area contributed by atoms with Crippen LogP contribution >= 0.6 is 0 Å². The smallest absolute Gasteiger partial charge is 0.162 e. The van der Waals surface area contributed by atoms with Gasteiger partial charge in [-0.15, -0.1) is 0 Å². The van der Waals surface area contributed by atoms with E-state index >= 15 is 0 Å². The highest BCUT2D eigenvalue weighted by Crippen LogP contribution is 2.34. The molecule has 0 aliphatic carbocycles. The summed E-state index contributed by atoms with van der Waals surface area (Å²) in [6.45, 7) is 6.37. The highest BCUT2D eigenvalue weighted by atomic mass is 16.6. The predicted molar refractivity (Wildman–Crippen MR) is 87.6 cm³/mol. The van der Waals surface area contributed by atoms with Crippen LogP contribution in [0.15, 0.2) is 24.4 Å². The van der Waals surface area contributed by atoms with Gasteiger partial charge in [0.05, 0.1) is 18.0 Å². The summed E-state index contributed by atoms with van der Waals surface area (Å²) in [6.07, 6.45) is 1.46. The molecule has 1 unspecified atom stereocenters. The number of H-pyrrole nitrogens is 1. The molecule has 0 bridgehead atoms. The Morgan fingerprint density at radius 2 is 2.04 bits per heavy atom. The van der Waals surface area contributed by atoms with Gasteiger partial charge in [-0.05, 0) is 24.1 Å². The second kappa shape index (κ2) is 7.02.